The lowest BCUT2D eigenvalue weighted by molar-refractivity contribution is -0.478. The van der Waals surface area contributed by atoms with Crippen LogP contribution in [0.25, 0.3) is 5.53 Å². The summed E-state index contributed by atoms with van der Waals surface area (Å²) in [6.07, 6.45) is 0. The molecule has 0 saturated carbocycles. The molecule has 0 unspecified atom stereocenters. The molecule has 1 aliphatic heterocycles. The maximum atomic E-state index is 8.86. The van der Waals surface area contributed by atoms with E-state index in [2.05, 4.69) is 10.9 Å². The Morgan fingerprint density at radius 3 is 2.10 bits per heavy atom. The third-order valence-corrected chi connectivity index (χ3v) is 1.38. The van der Waals surface area contributed by atoms with E-state index in [1.54, 1.807) is 0 Å². The Kier molecular flexibility index (Phi) is 0.887. The lowest BCUT2D eigenvalue weighted by Crippen LogP contribution is -2.12. The molecule has 2 rings (SSSR count). The number of hydrazine groups is 2. The van der Waals surface area contributed by atoms with Crippen molar-refractivity contribution in [2.45, 2.75) is 0 Å². The summed E-state index contributed by atoms with van der Waals surface area (Å²) in [6.45, 7) is 0. The number of nitrogens with one attached hydrogen (secondary N) is 2. The van der Waals surface area contributed by atoms with Gasteiger partial charge in [-0.25, -0.2) is 10.9 Å². The molecule has 10 heavy (non-hydrogen) atoms. The smallest absolute Gasteiger partial charge is 0.0547 e. The minimum Gasteiger partial charge on any atom is -0.201 e. The van der Waals surface area contributed by atoms with Gasteiger partial charge in [0.25, 0.3) is 0 Å². The Morgan fingerprint density at radius 1 is 1.10 bits per heavy atom. The van der Waals surface area contributed by atoms with Gasteiger partial charge in [-0.1, -0.05) is 12.1 Å². The van der Waals surface area contributed by atoms with E-state index in [9.17, 15) is 0 Å². The highest BCUT2D eigenvalue weighted by molar-refractivity contribution is 5.68. The second-order valence-corrected chi connectivity index (χ2v) is 2.08. The molecule has 0 saturated heterocycles. The van der Waals surface area contributed by atoms with Gasteiger partial charge in [-0.3, -0.25) is 0 Å². The molecule has 0 atom stereocenters. The molecular formula is C6H6N4. The van der Waals surface area contributed by atoms with Crippen molar-refractivity contribution < 1.29 is 4.92 Å². The minimum atomic E-state index is 0.824. The van der Waals surface area contributed by atoms with Crippen LogP contribution < -0.4 is 10.9 Å². The van der Waals surface area contributed by atoms with Gasteiger partial charge < -0.3 is 0 Å². The third-order valence-electron chi connectivity index (χ3n) is 1.38. The normalized spacial score (nSPS) is 13.8. The van der Waals surface area contributed by atoms with Crippen LogP contribution in [0.5, 0.6) is 0 Å². The second-order valence-electron chi connectivity index (χ2n) is 2.08. The van der Waals surface area contributed by atoms with Gasteiger partial charge in [-0.15, -0.1) is 0 Å². The zero-order chi connectivity index (χ0) is 6.97. The van der Waals surface area contributed by atoms with Crippen molar-refractivity contribution in [2.24, 2.45) is 0 Å². The molecule has 0 spiro atoms. The number of rotatable bonds is 0. The summed E-state index contributed by atoms with van der Waals surface area (Å²) in [4.78, 5) is 0.824. The lowest BCUT2D eigenvalue weighted by atomic mass is 10.3. The fourth-order valence-electron chi connectivity index (χ4n) is 0.934. The molecular weight excluding hydrogens is 128 g/mol. The van der Waals surface area contributed by atoms with Crippen LogP contribution in [-0.4, -0.2) is 4.92 Å². The third kappa shape index (κ3) is 0.621. The van der Waals surface area contributed by atoms with Gasteiger partial charge in [0.05, 0.1) is 11.4 Å². The van der Waals surface area contributed by atoms with E-state index in [0.29, 0.717) is 0 Å². The van der Waals surface area contributed by atoms with Crippen molar-refractivity contribution in [3.05, 3.63) is 29.8 Å². The average molecular weight is 134 g/mol. The highest BCUT2D eigenvalue weighted by Gasteiger charge is 2.10. The summed E-state index contributed by atoms with van der Waals surface area (Å²) >= 11 is 0. The summed E-state index contributed by atoms with van der Waals surface area (Å²) in [5.41, 5.74) is 16.0. The van der Waals surface area contributed by atoms with Crippen molar-refractivity contribution >= 4 is 11.4 Å². The van der Waals surface area contributed by atoms with E-state index in [1.807, 2.05) is 24.3 Å². The molecule has 4 nitrogen and oxygen atoms in total. The first kappa shape index (κ1) is 5.22. The maximum Gasteiger partial charge on any atom is 0.0547 e. The number of fused-ring (bicyclic) bond motifs is 1. The predicted octanol–water partition coefficient (Wildman–Crippen LogP) is 1.39. The lowest BCUT2D eigenvalue weighted by Gasteiger charge is -1.90. The van der Waals surface area contributed by atoms with E-state index in [4.69, 9.17) is 5.53 Å². The number of hydrogen-bond donors (Lipinski definition) is 2. The topological polar surface area (TPSA) is 49.4 Å². The molecule has 1 aromatic rings. The molecule has 0 amide bonds. The molecule has 1 aliphatic rings. The number of anilines is 2. The molecule has 0 bridgehead atoms. The average Bonchev–Trinajstić information content (AvgIpc) is 2.27. The fraction of sp³-hybridized carbons (Fsp3) is 0. The number of benzene rings is 1. The van der Waals surface area contributed by atoms with Crippen LogP contribution in [0.15, 0.2) is 24.3 Å². The molecule has 4 heteroatoms. The van der Waals surface area contributed by atoms with Crippen LogP contribution >= 0.6 is 0 Å². The van der Waals surface area contributed by atoms with Gasteiger partial charge in [0, 0.05) is 0 Å². The van der Waals surface area contributed by atoms with Gasteiger partial charge in [0.2, 0.25) is 0 Å². The Balaban J connectivity index is 2.51. The van der Waals surface area contributed by atoms with E-state index in [-0.39, 0.29) is 0 Å². The first-order valence-electron chi connectivity index (χ1n) is 2.97. The zero-order valence-electron chi connectivity index (χ0n) is 5.20. The molecule has 0 radical (unpaired) electrons. The van der Waals surface area contributed by atoms with Crippen LogP contribution in [0.4, 0.5) is 11.4 Å². The summed E-state index contributed by atoms with van der Waals surface area (Å²) in [6, 6.07) is 7.54. The van der Waals surface area contributed by atoms with E-state index in [1.165, 1.54) is 0 Å². The van der Waals surface area contributed by atoms with Gasteiger partial charge in [0.15, 0.2) is 0 Å². The van der Waals surface area contributed by atoms with Crippen LogP contribution in [0.1, 0.15) is 0 Å². The van der Waals surface area contributed by atoms with Gasteiger partial charge in [0.1, 0.15) is 0 Å². The van der Waals surface area contributed by atoms with E-state index < -0.39 is 0 Å². The Hall–Kier alpha value is -1.58. The summed E-state index contributed by atoms with van der Waals surface area (Å²) in [5, 5.41) is 0. The highest BCUT2D eigenvalue weighted by Crippen LogP contribution is 2.24. The zero-order valence-corrected chi connectivity index (χ0v) is 5.20. The van der Waals surface area contributed by atoms with Crippen molar-refractivity contribution in [3.8, 4) is 0 Å². The predicted molar refractivity (Wildman–Crippen MR) is 37.3 cm³/mol. The quantitative estimate of drug-likeness (QED) is 0.527. The van der Waals surface area contributed by atoms with Crippen molar-refractivity contribution in [1.82, 2.24) is 0 Å². The first-order chi connectivity index (χ1) is 4.86. The number of para-hydroxylation sites is 2. The monoisotopic (exact) mass is 134 g/mol. The van der Waals surface area contributed by atoms with Crippen LogP contribution in [-0.2, 0) is 0 Å². The van der Waals surface area contributed by atoms with Gasteiger partial charge in [-0.2, -0.15) is 0 Å². The van der Waals surface area contributed by atoms with Crippen molar-refractivity contribution in [3.63, 3.8) is 0 Å². The molecule has 0 aromatic heterocycles. The Morgan fingerprint density at radius 2 is 1.60 bits per heavy atom. The Labute approximate surface area is 57.9 Å². The SMILES string of the molecule is [N-]=[N+]1Nc2ccccc2N1. The molecule has 50 valence electrons. The van der Waals surface area contributed by atoms with Crippen molar-refractivity contribution in [2.75, 3.05) is 10.9 Å². The molecule has 2 N–H and O–H groups in total. The van der Waals surface area contributed by atoms with E-state index >= 15 is 0 Å². The van der Waals surface area contributed by atoms with E-state index in [0.717, 1.165) is 16.3 Å². The number of nitrogens with zero attached hydrogens (tertiary/aromatic N) is 2. The van der Waals surface area contributed by atoms with Crippen LogP contribution in [0.2, 0.25) is 0 Å². The minimum absolute atomic E-state index is 0.824. The van der Waals surface area contributed by atoms with Gasteiger partial charge in [-0.05, 0) is 22.6 Å². The highest BCUT2D eigenvalue weighted by atomic mass is 15.8. The van der Waals surface area contributed by atoms with Crippen molar-refractivity contribution in [1.29, 1.82) is 0 Å². The second kappa shape index (κ2) is 1.70. The molecule has 0 aliphatic carbocycles. The fourth-order valence-corrected chi connectivity index (χ4v) is 0.934. The summed E-state index contributed by atoms with van der Waals surface area (Å²) in [7, 11) is 0. The van der Waals surface area contributed by atoms with Crippen LogP contribution in [0.3, 0.4) is 0 Å². The number of hydrogen-bond acceptors (Lipinski definition) is 0. The van der Waals surface area contributed by atoms with Gasteiger partial charge >= 0.3 is 0 Å². The largest absolute Gasteiger partial charge is 0.201 e. The summed E-state index contributed by atoms with van der Waals surface area (Å²) in [5.74, 6) is 0. The molecule has 1 heterocycles. The Bertz CT molecular complexity index is 254. The standard InChI is InChI=1S/C6H6N4/c7-10-8-5-3-1-2-4-6(5)9-10/h1-4,8-9H. The molecule has 0 fully saturated rings. The summed E-state index contributed by atoms with van der Waals surface area (Å²) < 4.78 is 0. The maximum absolute atomic E-state index is 8.86. The molecule has 1 aromatic carbocycles. The van der Waals surface area contributed by atoms with Crippen LogP contribution in [0, 0.1) is 0 Å². The first-order valence-corrected chi connectivity index (χ1v) is 2.97.